The van der Waals surface area contributed by atoms with Gasteiger partial charge in [0, 0.05) is 24.8 Å². The summed E-state index contributed by atoms with van der Waals surface area (Å²) in [4.78, 5) is 15.1. The van der Waals surface area contributed by atoms with E-state index in [4.69, 9.17) is 4.74 Å². The van der Waals surface area contributed by atoms with Crippen molar-refractivity contribution in [3.8, 4) is 5.75 Å². The molecule has 0 atom stereocenters. The highest BCUT2D eigenvalue weighted by molar-refractivity contribution is 5.85. The highest BCUT2D eigenvalue weighted by Crippen LogP contribution is 2.20. The SMILES string of the molecule is C/C(COc1ccc2ncc(C)cc2c1)=N\N(/C=C\C=O)c1cnn(C)c1. The van der Waals surface area contributed by atoms with Crippen molar-refractivity contribution in [2.24, 2.45) is 12.1 Å². The Morgan fingerprint density at radius 2 is 2.19 bits per heavy atom. The number of aryl methyl sites for hydroxylation is 2. The van der Waals surface area contributed by atoms with E-state index in [9.17, 15) is 4.79 Å². The lowest BCUT2D eigenvalue weighted by Gasteiger charge is -2.14. The van der Waals surface area contributed by atoms with Crippen LogP contribution in [0.25, 0.3) is 10.9 Å². The number of aromatic nitrogens is 3. The molecule has 0 aliphatic rings. The molecule has 2 heterocycles. The summed E-state index contributed by atoms with van der Waals surface area (Å²) in [7, 11) is 1.82. The Kier molecular flexibility index (Phi) is 5.61. The zero-order valence-corrected chi connectivity index (χ0v) is 15.5. The monoisotopic (exact) mass is 363 g/mol. The quantitative estimate of drug-likeness (QED) is 0.279. The van der Waals surface area contributed by atoms with E-state index in [2.05, 4.69) is 21.3 Å². The van der Waals surface area contributed by atoms with E-state index in [1.165, 1.54) is 6.08 Å². The molecule has 138 valence electrons. The third-order valence-corrected chi connectivity index (χ3v) is 3.78. The first-order valence-electron chi connectivity index (χ1n) is 8.48. The molecule has 3 rings (SSSR count). The van der Waals surface area contributed by atoms with Gasteiger partial charge >= 0.3 is 0 Å². The lowest BCUT2D eigenvalue weighted by atomic mass is 10.2. The minimum Gasteiger partial charge on any atom is -0.488 e. The second-order valence-corrected chi connectivity index (χ2v) is 6.19. The fraction of sp³-hybridized carbons (Fsp3) is 0.200. The molecule has 7 nitrogen and oxygen atoms in total. The number of nitrogens with zero attached hydrogens (tertiary/aromatic N) is 5. The molecule has 27 heavy (non-hydrogen) atoms. The Bertz CT molecular complexity index is 1010. The summed E-state index contributed by atoms with van der Waals surface area (Å²) >= 11 is 0. The van der Waals surface area contributed by atoms with Gasteiger partial charge in [-0.3, -0.25) is 14.5 Å². The maximum atomic E-state index is 10.7. The lowest BCUT2D eigenvalue weighted by molar-refractivity contribution is -0.104. The van der Waals surface area contributed by atoms with Crippen LogP contribution < -0.4 is 9.75 Å². The largest absolute Gasteiger partial charge is 0.488 e. The molecule has 7 heteroatoms. The predicted molar refractivity (Wildman–Crippen MR) is 106 cm³/mol. The van der Waals surface area contributed by atoms with Gasteiger partial charge in [0.15, 0.2) is 0 Å². The van der Waals surface area contributed by atoms with Crippen LogP contribution in [0, 0.1) is 6.92 Å². The van der Waals surface area contributed by atoms with E-state index in [1.54, 1.807) is 22.1 Å². The Morgan fingerprint density at radius 1 is 1.33 bits per heavy atom. The van der Waals surface area contributed by atoms with Crippen LogP contribution in [0.4, 0.5) is 5.69 Å². The van der Waals surface area contributed by atoms with E-state index in [0.717, 1.165) is 33.6 Å². The number of carbonyl (C=O) groups is 1. The third-order valence-electron chi connectivity index (χ3n) is 3.78. The summed E-state index contributed by atoms with van der Waals surface area (Å²) in [5.74, 6) is 0.751. The number of pyridine rings is 1. The summed E-state index contributed by atoms with van der Waals surface area (Å²) in [6, 6.07) is 7.87. The molecule has 0 bridgehead atoms. The normalized spacial score (nSPS) is 11.9. The van der Waals surface area contributed by atoms with Crippen LogP contribution >= 0.6 is 0 Å². The van der Waals surface area contributed by atoms with Crippen molar-refractivity contribution in [3.63, 3.8) is 0 Å². The van der Waals surface area contributed by atoms with Gasteiger partial charge in [-0.05, 0) is 49.8 Å². The van der Waals surface area contributed by atoms with Crippen LogP contribution in [-0.2, 0) is 11.8 Å². The molecule has 0 N–H and O–H groups in total. The maximum Gasteiger partial charge on any atom is 0.144 e. The Morgan fingerprint density at radius 3 is 2.93 bits per heavy atom. The number of benzene rings is 1. The topological polar surface area (TPSA) is 72.6 Å². The zero-order chi connectivity index (χ0) is 19.2. The Labute approximate surface area is 157 Å². The van der Waals surface area contributed by atoms with Crippen molar-refractivity contribution < 1.29 is 9.53 Å². The van der Waals surface area contributed by atoms with E-state index in [1.807, 2.05) is 51.5 Å². The van der Waals surface area contributed by atoms with Gasteiger partial charge in [0.2, 0.25) is 0 Å². The van der Waals surface area contributed by atoms with Crippen LogP contribution in [0.15, 0.2) is 60.2 Å². The van der Waals surface area contributed by atoms with Gasteiger partial charge in [0.05, 0.1) is 23.6 Å². The Balaban J connectivity index is 1.73. The number of anilines is 1. The minimum atomic E-state index is 0.316. The van der Waals surface area contributed by atoms with Crippen molar-refractivity contribution in [2.45, 2.75) is 13.8 Å². The Hall–Kier alpha value is -3.48. The summed E-state index contributed by atoms with van der Waals surface area (Å²) in [5, 5.41) is 11.3. The predicted octanol–water partition coefficient (Wildman–Crippen LogP) is 3.25. The van der Waals surface area contributed by atoms with Gasteiger partial charge in [-0.1, -0.05) is 0 Å². The number of fused-ring (bicyclic) bond motifs is 1. The first-order chi connectivity index (χ1) is 13.0. The van der Waals surface area contributed by atoms with Crippen molar-refractivity contribution in [1.29, 1.82) is 0 Å². The van der Waals surface area contributed by atoms with E-state index in [0.29, 0.717) is 12.9 Å². The number of ether oxygens (including phenoxy) is 1. The second kappa shape index (κ2) is 8.27. The molecule has 0 radical (unpaired) electrons. The number of hydrogen-bond donors (Lipinski definition) is 0. The van der Waals surface area contributed by atoms with Crippen LogP contribution in [0.5, 0.6) is 5.75 Å². The van der Waals surface area contributed by atoms with E-state index < -0.39 is 0 Å². The van der Waals surface area contributed by atoms with Crippen LogP contribution in [0.1, 0.15) is 12.5 Å². The van der Waals surface area contributed by atoms with E-state index >= 15 is 0 Å². The number of aldehydes is 1. The standard InChI is InChI=1S/C20H21N5O2/c1-15-9-17-10-19(5-6-20(17)21-11-15)27-14-16(2)23-25(7-4-8-26)18-12-22-24(3)13-18/h4-13H,14H2,1-3H3/b7-4-,23-16+. The number of hydrogen-bond acceptors (Lipinski definition) is 6. The average Bonchev–Trinajstić information content (AvgIpc) is 3.09. The smallest absolute Gasteiger partial charge is 0.144 e. The molecule has 0 saturated carbocycles. The van der Waals surface area contributed by atoms with Crippen LogP contribution in [0.3, 0.4) is 0 Å². The number of hydrazone groups is 1. The van der Waals surface area contributed by atoms with E-state index in [-0.39, 0.29) is 0 Å². The van der Waals surface area contributed by atoms with Crippen molar-refractivity contribution >= 4 is 28.6 Å². The van der Waals surface area contributed by atoms with Crippen molar-refractivity contribution in [3.05, 3.63) is 60.7 Å². The number of carbonyl (C=O) groups excluding carboxylic acids is 1. The maximum absolute atomic E-state index is 10.7. The van der Waals surface area contributed by atoms with Gasteiger partial charge in [0.25, 0.3) is 0 Å². The number of allylic oxidation sites excluding steroid dienone is 1. The molecule has 1 aromatic carbocycles. The molecule has 2 aromatic heterocycles. The second-order valence-electron chi connectivity index (χ2n) is 6.19. The summed E-state index contributed by atoms with van der Waals surface area (Å²) in [6.07, 6.45) is 8.99. The van der Waals surface area contributed by atoms with Crippen LogP contribution in [-0.4, -0.2) is 33.4 Å². The molecule has 0 amide bonds. The summed E-state index contributed by atoms with van der Waals surface area (Å²) in [5.41, 5.74) is 3.53. The first-order valence-corrected chi connectivity index (χ1v) is 8.48. The first kappa shape index (κ1) is 18.3. The van der Waals surface area contributed by atoms with Gasteiger partial charge in [0.1, 0.15) is 24.3 Å². The average molecular weight is 363 g/mol. The molecule has 0 fully saturated rings. The zero-order valence-electron chi connectivity index (χ0n) is 15.5. The minimum absolute atomic E-state index is 0.316. The molecule has 0 aliphatic carbocycles. The van der Waals surface area contributed by atoms with Crippen molar-refractivity contribution in [2.75, 3.05) is 11.6 Å². The van der Waals surface area contributed by atoms with Gasteiger partial charge < -0.3 is 4.74 Å². The lowest BCUT2D eigenvalue weighted by Crippen LogP contribution is -2.15. The van der Waals surface area contributed by atoms with Gasteiger partial charge in [-0.2, -0.15) is 10.2 Å². The van der Waals surface area contributed by atoms with Crippen LogP contribution in [0.2, 0.25) is 0 Å². The fourth-order valence-corrected chi connectivity index (χ4v) is 2.53. The summed E-state index contributed by atoms with van der Waals surface area (Å²) in [6.45, 7) is 4.19. The fourth-order valence-electron chi connectivity index (χ4n) is 2.53. The molecular weight excluding hydrogens is 342 g/mol. The molecular formula is C20H21N5O2. The molecule has 0 spiro atoms. The molecule has 3 aromatic rings. The molecule has 0 saturated heterocycles. The third kappa shape index (κ3) is 4.78. The highest BCUT2D eigenvalue weighted by atomic mass is 16.5. The molecule has 0 aliphatic heterocycles. The van der Waals surface area contributed by atoms with Gasteiger partial charge in [-0.25, -0.2) is 5.01 Å². The number of rotatable bonds is 7. The molecule has 0 unspecified atom stereocenters. The summed E-state index contributed by atoms with van der Waals surface area (Å²) < 4.78 is 7.53. The van der Waals surface area contributed by atoms with Gasteiger partial charge in [-0.15, -0.1) is 0 Å². The highest BCUT2D eigenvalue weighted by Gasteiger charge is 2.06. The van der Waals surface area contributed by atoms with Crippen molar-refractivity contribution in [1.82, 2.24) is 14.8 Å².